The van der Waals surface area contributed by atoms with Gasteiger partial charge in [-0.1, -0.05) is 53.2 Å². The van der Waals surface area contributed by atoms with Crippen molar-refractivity contribution in [1.82, 2.24) is 0 Å². The number of aliphatic hydroxyl groups is 2. The third-order valence-electron chi connectivity index (χ3n) is 13.8. The topological polar surface area (TPSA) is 104 Å². The minimum atomic E-state index is -0.940. The van der Waals surface area contributed by atoms with E-state index in [0.29, 0.717) is 18.3 Å². The van der Waals surface area contributed by atoms with Gasteiger partial charge in [0.1, 0.15) is 0 Å². The van der Waals surface area contributed by atoms with Crippen LogP contribution in [0.3, 0.4) is 0 Å². The molecule has 0 aliphatic heterocycles. The van der Waals surface area contributed by atoms with Crippen LogP contribution in [0.25, 0.3) is 0 Å². The van der Waals surface area contributed by atoms with Crippen molar-refractivity contribution in [1.29, 1.82) is 0 Å². The fourth-order valence-electron chi connectivity index (χ4n) is 11.2. The van der Waals surface area contributed by atoms with Crippen LogP contribution in [-0.4, -0.2) is 46.1 Å². The van der Waals surface area contributed by atoms with Crippen molar-refractivity contribution in [3.8, 4) is 0 Å². The Morgan fingerprint density at radius 3 is 2.32 bits per heavy atom. The Kier molecular flexibility index (Phi) is 6.52. The molecule has 5 rings (SSSR count). The van der Waals surface area contributed by atoms with Crippen molar-refractivity contribution in [2.24, 2.45) is 56.7 Å². The molecule has 6 nitrogen and oxygen atoms in total. The van der Waals surface area contributed by atoms with Gasteiger partial charge in [0.05, 0.1) is 24.2 Å². The van der Waals surface area contributed by atoms with Crippen molar-refractivity contribution < 1.29 is 29.6 Å². The number of hydrogen-bond acceptors (Lipinski definition) is 5. The number of carboxylic acid groups (broad SMARTS) is 1. The smallest absolute Gasteiger partial charge is 0.310 e. The molecule has 4 saturated carbocycles. The van der Waals surface area contributed by atoms with Crippen molar-refractivity contribution in [3.05, 3.63) is 11.6 Å². The normalized spacial score (nSPS) is 53.9. The van der Waals surface area contributed by atoms with Crippen molar-refractivity contribution in [2.75, 3.05) is 6.61 Å². The third kappa shape index (κ3) is 3.44. The summed E-state index contributed by atoms with van der Waals surface area (Å²) in [6.07, 6.45) is 7.26. The average molecular weight is 531 g/mol. The second-order valence-electron chi connectivity index (χ2n) is 15.1. The Hall–Kier alpha value is -1.40. The second kappa shape index (κ2) is 8.80. The van der Waals surface area contributed by atoms with Crippen LogP contribution in [0.1, 0.15) is 99.8 Å². The van der Waals surface area contributed by atoms with Gasteiger partial charge in [-0.25, -0.2) is 0 Å². The zero-order chi connectivity index (χ0) is 28.1. The number of carboxylic acids is 1. The molecule has 5 aliphatic rings. The van der Waals surface area contributed by atoms with Crippen molar-refractivity contribution in [3.63, 3.8) is 0 Å². The minimum Gasteiger partial charge on any atom is -0.481 e. The van der Waals surface area contributed by atoms with Gasteiger partial charge in [-0.15, -0.1) is 0 Å². The average Bonchev–Trinajstić information content (AvgIpc) is 2.84. The lowest BCUT2D eigenvalue weighted by molar-refractivity contribution is -0.246. The van der Waals surface area contributed by atoms with E-state index in [1.165, 1.54) is 12.5 Å². The Bertz CT molecular complexity index is 1040. The molecule has 0 heterocycles. The molecular formula is C32H50O6. The molecule has 0 spiro atoms. The second-order valence-corrected chi connectivity index (χ2v) is 15.1. The summed E-state index contributed by atoms with van der Waals surface area (Å²) in [7, 11) is 0. The fraction of sp³-hybridized carbons (Fsp3) is 0.875. The number of carbonyl (C=O) groups excluding carboxylic acids is 1. The number of esters is 1. The molecule has 0 unspecified atom stereocenters. The molecule has 0 bridgehead atoms. The predicted octanol–water partition coefficient (Wildman–Crippen LogP) is 5.60. The number of ether oxygens (including phenoxy) is 1. The molecule has 5 aliphatic carbocycles. The van der Waals surface area contributed by atoms with E-state index >= 15 is 0 Å². The molecule has 0 aromatic heterocycles. The highest BCUT2D eigenvalue weighted by Crippen LogP contribution is 2.75. The van der Waals surface area contributed by atoms with Crippen LogP contribution in [0.15, 0.2) is 11.6 Å². The minimum absolute atomic E-state index is 0.0439. The summed E-state index contributed by atoms with van der Waals surface area (Å²) in [5, 5.41) is 33.0. The van der Waals surface area contributed by atoms with Gasteiger partial charge < -0.3 is 20.1 Å². The summed E-state index contributed by atoms with van der Waals surface area (Å²) in [4.78, 5) is 24.6. The first-order valence-corrected chi connectivity index (χ1v) is 15.0. The lowest BCUT2D eigenvalue weighted by Gasteiger charge is -2.71. The van der Waals surface area contributed by atoms with E-state index in [4.69, 9.17) is 4.74 Å². The highest BCUT2D eigenvalue weighted by atomic mass is 16.5. The Morgan fingerprint density at radius 1 is 1.00 bits per heavy atom. The van der Waals surface area contributed by atoms with E-state index in [0.717, 1.165) is 44.9 Å². The fourth-order valence-corrected chi connectivity index (χ4v) is 11.2. The van der Waals surface area contributed by atoms with Crippen LogP contribution < -0.4 is 0 Å². The summed E-state index contributed by atoms with van der Waals surface area (Å²) in [6.45, 7) is 15.2. The van der Waals surface area contributed by atoms with Gasteiger partial charge >= 0.3 is 11.9 Å². The van der Waals surface area contributed by atoms with Crippen LogP contribution in [0.2, 0.25) is 0 Å². The van der Waals surface area contributed by atoms with Crippen LogP contribution >= 0.6 is 0 Å². The first-order valence-electron chi connectivity index (χ1n) is 15.0. The number of hydrogen-bond donors (Lipinski definition) is 3. The largest absolute Gasteiger partial charge is 0.481 e. The molecule has 0 aromatic carbocycles. The molecule has 0 amide bonds. The number of aliphatic hydroxyl groups excluding tert-OH is 2. The standard InChI is InChI=1S/C32H50O6/c1-18-10-13-32(27(36)37)15-14-30(6)21(25(32)19(18)2)8-9-24-28(4)16-22(34)26(35)29(5,17-38-20(3)33)23(28)11-12-31(24,30)7/h8,18-19,22-26,34-35H,9-17H2,1-7H3,(H,36,37)/t18-,19+,22-,23-,24-,25+,26-,28+,29-,30-,31-,32+/m1/s1. The monoisotopic (exact) mass is 530 g/mol. The van der Waals surface area contributed by atoms with Gasteiger partial charge in [0.25, 0.3) is 0 Å². The number of aliphatic carboxylic acids is 1. The van der Waals surface area contributed by atoms with Crippen LogP contribution in [0.4, 0.5) is 0 Å². The highest BCUT2D eigenvalue weighted by Gasteiger charge is 2.71. The van der Waals surface area contributed by atoms with Gasteiger partial charge in [-0.2, -0.15) is 0 Å². The molecule has 0 saturated heterocycles. The number of allylic oxidation sites excluding steroid dienone is 2. The van der Waals surface area contributed by atoms with Gasteiger partial charge in [0.15, 0.2) is 0 Å². The van der Waals surface area contributed by atoms with Crippen molar-refractivity contribution in [2.45, 2.75) is 112 Å². The van der Waals surface area contributed by atoms with E-state index in [9.17, 15) is 24.9 Å². The SMILES string of the molecule is CC(=O)OC[C@]1(C)[C@@H]2CC[C@]3(C)[C@H](CC=C4[C@@H]5[C@@H](C)[C@H](C)CC[C@]5(C(=O)O)CC[C@]43C)[C@@]2(C)C[C@@H](O)[C@H]1O. The maximum Gasteiger partial charge on any atom is 0.310 e. The molecule has 0 aromatic rings. The zero-order valence-electron chi connectivity index (χ0n) is 24.5. The molecule has 4 fully saturated rings. The number of rotatable bonds is 3. The van der Waals surface area contributed by atoms with Crippen LogP contribution in [0.5, 0.6) is 0 Å². The molecule has 214 valence electrons. The zero-order valence-corrected chi connectivity index (χ0v) is 24.5. The maximum atomic E-state index is 12.9. The Morgan fingerprint density at radius 2 is 1.68 bits per heavy atom. The van der Waals surface area contributed by atoms with E-state index in [1.807, 2.05) is 6.92 Å². The summed E-state index contributed by atoms with van der Waals surface area (Å²) in [5.41, 5.74) is -0.370. The first kappa shape index (κ1) is 28.1. The van der Waals surface area contributed by atoms with E-state index in [2.05, 4.69) is 40.7 Å². The molecule has 12 atom stereocenters. The van der Waals surface area contributed by atoms with Gasteiger partial charge in [0, 0.05) is 12.3 Å². The summed E-state index contributed by atoms with van der Waals surface area (Å²) >= 11 is 0. The number of fused-ring (bicyclic) bond motifs is 7. The lowest BCUT2D eigenvalue weighted by Crippen LogP contribution is -2.68. The molecular weight excluding hydrogens is 480 g/mol. The quantitative estimate of drug-likeness (QED) is 0.324. The maximum absolute atomic E-state index is 12.9. The van der Waals surface area contributed by atoms with E-state index in [1.54, 1.807) is 0 Å². The summed E-state index contributed by atoms with van der Waals surface area (Å²) in [5.74, 6) is 0.327. The van der Waals surface area contributed by atoms with Crippen LogP contribution in [0, 0.1) is 56.7 Å². The first-order chi connectivity index (χ1) is 17.6. The van der Waals surface area contributed by atoms with Gasteiger partial charge in [-0.05, 0) is 97.2 Å². The summed E-state index contributed by atoms with van der Waals surface area (Å²) < 4.78 is 5.50. The highest BCUT2D eigenvalue weighted by molar-refractivity contribution is 5.76. The van der Waals surface area contributed by atoms with E-state index in [-0.39, 0.29) is 46.6 Å². The van der Waals surface area contributed by atoms with Gasteiger partial charge in [-0.3, -0.25) is 9.59 Å². The van der Waals surface area contributed by atoms with Crippen LogP contribution in [-0.2, 0) is 14.3 Å². The Balaban J connectivity index is 1.59. The Labute approximate surface area is 228 Å². The summed E-state index contributed by atoms with van der Waals surface area (Å²) in [6, 6.07) is 0. The molecule has 38 heavy (non-hydrogen) atoms. The molecule has 3 N–H and O–H groups in total. The number of carbonyl (C=O) groups is 2. The van der Waals surface area contributed by atoms with E-state index < -0.39 is 29.0 Å². The molecule has 0 radical (unpaired) electrons. The third-order valence-corrected chi connectivity index (χ3v) is 13.8. The van der Waals surface area contributed by atoms with Gasteiger partial charge in [0.2, 0.25) is 0 Å². The lowest BCUT2D eigenvalue weighted by atomic mass is 9.33. The predicted molar refractivity (Wildman–Crippen MR) is 145 cm³/mol. The molecule has 6 heteroatoms. The van der Waals surface area contributed by atoms with Crippen molar-refractivity contribution >= 4 is 11.9 Å².